The van der Waals surface area contributed by atoms with Crippen LogP contribution < -0.4 is 5.32 Å². The molecule has 110 valence electrons. The van der Waals surface area contributed by atoms with Crippen LogP contribution in [0.5, 0.6) is 0 Å². The van der Waals surface area contributed by atoms with Crippen LogP contribution in [-0.2, 0) is 0 Å². The number of aromatic nitrogens is 2. The minimum absolute atomic E-state index is 0.176. The summed E-state index contributed by atoms with van der Waals surface area (Å²) in [7, 11) is 0. The summed E-state index contributed by atoms with van der Waals surface area (Å²) in [6.07, 6.45) is 1.48. The molecule has 1 aromatic heterocycles. The molecule has 0 aliphatic carbocycles. The number of aliphatic hydroxyl groups is 1. The number of amides is 1. The predicted octanol–water partition coefficient (Wildman–Crippen LogP) is 1.61. The summed E-state index contributed by atoms with van der Waals surface area (Å²) in [6, 6.07) is 3.86. The SMILES string of the molecule is CC(NC(=O)c1ccnnc1)C(O)c1ccc(F)c(F)c1. The Labute approximate surface area is 119 Å². The molecule has 0 aliphatic rings. The highest BCUT2D eigenvalue weighted by Gasteiger charge is 2.20. The van der Waals surface area contributed by atoms with Crippen LogP contribution in [-0.4, -0.2) is 27.3 Å². The molecule has 0 aliphatic heterocycles. The molecule has 1 amide bonds. The van der Waals surface area contributed by atoms with Crippen molar-refractivity contribution in [2.45, 2.75) is 19.1 Å². The number of halogens is 2. The van der Waals surface area contributed by atoms with Gasteiger partial charge in [0, 0.05) is 0 Å². The van der Waals surface area contributed by atoms with Crippen molar-refractivity contribution in [3.05, 3.63) is 59.4 Å². The third-order valence-electron chi connectivity index (χ3n) is 2.96. The molecular weight excluding hydrogens is 280 g/mol. The topological polar surface area (TPSA) is 75.1 Å². The lowest BCUT2D eigenvalue weighted by Crippen LogP contribution is -2.37. The number of hydrogen-bond donors (Lipinski definition) is 2. The quantitative estimate of drug-likeness (QED) is 0.898. The van der Waals surface area contributed by atoms with Crippen molar-refractivity contribution in [1.82, 2.24) is 15.5 Å². The number of hydrogen-bond acceptors (Lipinski definition) is 4. The number of nitrogens with zero attached hydrogens (tertiary/aromatic N) is 2. The zero-order valence-electron chi connectivity index (χ0n) is 11.1. The normalized spacial score (nSPS) is 13.5. The number of carbonyl (C=O) groups is 1. The second kappa shape index (κ2) is 6.36. The van der Waals surface area contributed by atoms with Gasteiger partial charge in [-0.3, -0.25) is 4.79 Å². The Hall–Kier alpha value is -2.41. The molecule has 0 spiro atoms. The van der Waals surface area contributed by atoms with Crippen molar-refractivity contribution in [2.75, 3.05) is 0 Å². The Bertz CT molecular complexity index is 637. The van der Waals surface area contributed by atoms with Crippen molar-refractivity contribution in [3.63, 3.8) is 0 Å². The third kappa shape index (κ3) is 3.57. The van der Waals surface area contributed by atoms with E-state index in [4.69, 9.17) is 0 Å². The average Bonchev–Trinajstić information content (AvgIpc) is 2.50. The van der Waals surface area contributed by atoms with E-state index in [1.165, 1.54) is 24.5 Å². The summed E-state index contributed by atoms with van der Waals surface area (Å²) in [5, 5.41) is 19.7. The van der Waals surface area contributed by atoms with Crippen LogP contribution in [0.15, 0.2) is 36.7 Å². The molecule has 1 aromatic carbocycles. The smallest absolute Gasteiger partial charge is 0.253 e. The van der Waals surface area contributed by atoms with Gasteiger partial charge in [0.1, 0.15) is 0 Å². The van der Waals surface area contributed by atoms with Gasteiger partial charge >= 0.3 is 0 Å². The van der Waals surface area contributed by atoms with Crippen molar-refractivity contribution >= 4 is 5.91 Å². The maximum absolute atomic E-state index is 13.1. The zero-order chi connectivity index (χ0) is 15.4. The van der Waals surface area contributed by atoms with Crippen molar-refractivity contribution in [3.8, 4) is 0 Å². The predicted molar refractivity (Wildman–Crippen MR) is 70.3 cm³/mol. The van der Waals surface area contributed by atoms with Crippen molar-refractivity contribution < 1.29 is 18.7 Å². The van der Waals surface area contributed by atoms with Gasteiger partial charge in [0.25, 0.3) is 5.91 Å². The minimum Gasteiger partial charge on any atom is -0.386 e. The molecule has 7 heteroatoms. The molecule has 21 heavy (non-hydrogen) atoms. The summed E-state index contributed by atoms with van der Waals surface area (Å²) in [5.41, 5.74) is 0.462. The number of nitrogens with one attached hydrogen (secondary N) is 1. The minimum atomic E-state index is -1.17. The van der Waals surface area contributed by atoms with Gasteiger partial charge in [-0.15, -0.1) is 0 Å². The van der Waals surface area contributed by atoms with Crippen molar-refractivity contribution in [1.29, 1.82) is 0 Å². The Morgan fingerprint density at radius 3 is 2.62 bits per heavy atom. The van der Waals surface area contributed by atoms with Crippen LogP contribution in [0.25, 0.3) is 0 Å². The van der Waals surface area contributed by atoms with Crippen LogP contribution in [0, 0.1) is 11.6 Å². The second-order valence-electron chi connectivity index (χ2n) is 4.51. The second-order valence-corrected chi connectivity index (χ2v) is 4.51. The molecule has 0 radical (unpaired) electrons. The van der Waals surface area contributed by atoms with Gasteiger partial charge < -0.3 is 10.4 Å². The number of benzene rings is 1. The number of rotatable bonds is 4. The standard InChI is InChI=1S/C14H13F2N3O2/c1-8(19-14(21)10-4-5-17-18-7-10)13(20)9-2-3-11(15)12(16)6-9/h2-8,13,20H,1H3,(H,19,21). The van der Waals surface area contributed by atoms with Crippen LogP contribution in [0.2, 0.25) is 0 Å². The molecule has 0 saturated heterocycles. The maximum atomic E-state index is 13.1. The number of aliphatic hydroxyl groups excluding tert-OH is 1. The molecule has 0 saturated carbocycles. The molecule has 2 aromatic rings. The Kier molecular flexibility index (Phi) is 4.54. The first kappa shape index (κ1) is 15.0. The lowest BCUT2D eigenvalue weighted by atomic mass is 10.0. The van der Waals surface area contributed by atoms with E-state index in [-0.39, 0.29) is 11.1 Å². The van der Waals surface area contributed by atoms with Crippen LogP contribution in [0.4, 0.5) is 8.78 Å². The molecule has 2 atom stereocenters. The summed E-state index contributed by atoms with van der Waals surface area (Å²) in [6.45, 7) is 1.55. The van der Waals surface area contributed by atoms with E-state index in [0.717, 1.165) is 12.1 Å². The van der Waals surface area contributed by atoms with Gasteiger partial charge in [-0.1, -0.05) is 6.07 Å². The Balaban J connectivity index is 2.07. The highest BCUT2D eigenvalue weighted by molar-refractivity contribution is 5.93. The lowest BCUT2D eigenvalue weighted by Gasteiger charge is -2.20. The zero-order valence-corrected chi connectivity index (χ0v) is 11.1. The molecule has 2 unspecified atom stereocenters. The highest BCUT2D eigenvalue weighted by Crippen LogP contribution is 2.19. The van der Waals surface area contributed by atoms with Crippen LogP contribution in [0.1, 0.15) is 28.9 Å². The Morgan fingerprint density at radius 1 is 1.24 bits per heavy atom. The largest absolute Gasteiger partial charge is 0.386 e. The first-order chi connectivity index (χ1) is 9.99. The van der Waals surface area contributed by atoms with Gasteiger partial charge in [0.2, 0.25) is 0 Å². The fourth-order valence-corrected chi connectivity index (χ4v) is 1.78. The molecule has 5 nitrogen and oxygen atoms in total. The Morgan fingerprint density at radius 2 is 2.00 bits per heavy atom. The van der Waals surface area contributed by atoms with Gasteiger partial charge in [-0.25, -0.2) is 8.78 Å². The average molecular weight is 293 g/mol. The first-order valence-electron chi connectivity index (χ1n) is 6.19. The number of carbonyl (C=O) groups excluding carboxylic acids is 1. The molecule has 1 heterocycles. The molecular formula is C14H13F2N3O2. The summed E-state index contributed by atoms with van der Waals surface area (Å²) in [4.78, 5) is 11.9. The summed E-state index contributed by atoms with van der Waals surface area (Å²) < 4.78 is 26.0. The molecule has 0 bridgehead atoms. The fraction of sp³-hybridized carbons (Fsp3) is 0.214. The summed E-state index contributed by atoms with van der Waals surface area (Å²) in [5.74, 6) is -2.49. The van der Waals surface area contributed by atoms with Gasteiger partial charge in [-0.05, 0) is 30.7 Å². The van der Waals surface area contributed by atoms with E-state index in [1.807, 2.05) is 0 Å². The monoisotopic (exact) mass is 293 g/mol. The van der Waals surface area contributed by atoms with E-state index in [0.29, 0.717) is 0 Å². The van der Waals surface area contributed by atoms with E-state index < -0.39 is 29.7 Å². The lowest BCUT2D eigenvalue weighted by molar-refractivity contribution is 0.0851. The van der Waals surface area contributed by atoms with E-state index in [1.54, 1.807) is 6.92 Å². The van der Waals surface area contributed by atoms with Gasteiger partial charge in [0.05, 0.1) is 30.1 Å². The van der Waals surface area contributed by atoms with Crippen LogP contribution in [0.3, 0.4) is 0 Å². The molecule has 2 rings (SSSR count). The third-order valence-corrected chi connectivity index (χ3v) is 2.96. The van der Waals surface area contributed by atoms with Gasteiger partial charge in [-0.2, -0.15) is 10.2 Å². The molecule has 2 N–H and O–H groups in total. The van der Waals surface area contributed by atoms with E-state index >= 15 is 0 Å². The van der Waals surface area contributed by atoms with Gasteiger partial charge in [0.15, 0.2) is 11.6 Å². The summed E-state index contributed by atoms with van der Waals surface area (Å²) >= 11 is 0. The molecule has 0 fully saturated rings. The van der Waals surface area contributed by atoms with E-state index in [2.05, 4.69) is 15.5 Å². The van der Waals surface area contributed by atoms with Crippen LogP contribution >= 0.6 is 0 Å². The maximum Gasteiger partial charge on any atom is 0.253 e. The van der Waals surface area contributed by atoms with E-state index in [9.17, 15) is 18.7 Å². The van der Waals surface area contributed by atoms with Crippen molar-refractivity contribution in [2.24, 2.45) is 0 Å². The first-order valence-corrected chi connectivity index (χ1v) is 6.19. The fourth-order valence-electron chi connectivity index (χ4n) is 1.78. The highest BCUT2D eigenvalue weighted by atomic mass is 19.2.